The molecule has 1 aromatic heterocycles. The van der Waals surface area contributed by atoms with Crippen LogP contribution in [0.1, 0.15) is 10.4 Å². The smallest absolute Gasteiger partial charge is 0.253 e. The summed E-state index contributed by atoms with van der Waals surface area (Å²) >= 11 is 4.50. The molecule has 0 aliphatic carbocycles. The van der Waals surface area contributed by atoms with Crippen molar-refractivity contribution in [1.82, 2.24) is 9.21 Å². The Morgan fingerprint density at radius 1 is 0.828 bits per heavy atom. The number of carbonyl (C=O) groups excluding carboxylic acids is 1. The van der Waals surface area contributed by atoms with E-state index in [1.165, 1.54) is 15.6 Å². The summed E-state index contributed by atoms with van der Waals surface area (Å²) in [5.41, 5.74) is 2.77. The van der Waals surface area contributed by atoms with Crippen LogP contribution in [0.4, 0.5) is 0 Å². The Morgan fingerprint density at radius 3 is 2.03 bits per heavy atom. The molecule has 0 bridgehead atoms. The Labute approximate surface area is 182 Å². The van der Waals surface area contributed by atoms with Crippen LogP contribution in [-0.4, -0.2) is 49.7 Å². The zero-order chi connectivity index (χ0) is 20.4. The molecule has 1 amide bonds. The van der Waals surface area contributed by atoms with E-state index in [9.17, 15) is 13.2 Å². The van der Waals surface area contributed by atoms with Gasteiger partial charge in [0.25, 0.3) is 15.9 Å². The molecule has 0 radical (unpaired) electrons. The van der Waals surface area contributed by atoms with Crippen LogP contribution in [0.25, 0.3) is 11.1 Å². The molecule has 8 heteroatoms. The predicted octanol–water partition coefficient (Wildman–Crippen LogP) is 4.32. The van der Waals surface area contributed by atoms with Crippen LogP contribution >= 0.6 is 27.3 Å². The van der Waals surface area contributed by atoms with Gasteiger partial charge in [0.05, 0.1) is 3.79 Å². The summed E-state index contributed by atoms with van der Waals surface area (Å²) in [5.74, 6) is -0.0690. The minimum absolute atomic E-state index is 0.0690. The molecule has 0 atom stereocenters. The van der Waals surface area contributed by atoms with Crippen molar-refractivity contribution in [3.63, 3.8) is 0 Å². The third-order valence-electron chi connectivity index (χ3n) is 4.91. The maximum atomic E-state index is 12.8. The van der Waals surface area contributed by atoms with E-state index in [4.69, 9.17) is 0 Å². The number of benzene rings is 2. The first-order valence-electron chi connectivity index (χ1n) is 9.15. The second-order valence-corrected chi connectivity index (χ2v) is 11.3. The van der Waals surface area contributed by atoms with Gasteiger partial charge in [-0.3, -0.25) is 4.79 Å². The number of piperazine rings is 1. The number of halogens is 1. The lowest BCUT2D eigenvalue weighted by Crippen LogP contribution is -2.50. The lowest BCUT2D eigenvalue weighted by molar-refractivity contribution is 0.0698. The number of nitrogens with zero attached hydrogens (tertiary/aromatic N) is 2. The van der Waals surface area contributed by atoms with Crippen LogP contribution < -0.4 is 0 Å². The van der Waals surface area contributed by atoms with Gasteiger partial charge in [0, 0.05) is 31.7 Å². The summed E-state index contributed by atoms with van der Waals surface area (Å²) in [6, 6.07) is 20.9. The van der Waals surface area contributed by atoms with Crippen molar-refractivity contribution in [2.75, 3.05) is 26.2 Å². The van der Waals surface area contributed by atoms with Gasteiger partial charge in [-0.1, -0.05) is 42.5 Å². The first-order valence-corrected chi connectivity index (χ1v) is 12.2. The number of carbonyl (C=O) groups is 1. The van der Waals surface area contributed by atoms with Crippen molar-refractivity contribution >= 4 is 43.2 Å². The van der Waals surface area contributed by atoms with E-state index < -0.39 is 10.0 Å². The molecule has 0 saturated carbocycles. The Balaban J connectivity index is 1.41. The second-order valence-electron chi connectivity index (χ2n) is 6.70. The summed E-state index contributed by atoms with van der Waals surface area (Å²) in [6.07, 6.45) is 0. The third kappa shape index (κ3) is 4.30. The molecule has 1 aliphatic rings. The molecule has 1 saturated heterocycles. The van der Waals surface area contributed by atoms with E-state index in [0.717, 1.165) is 14.9 Å². The average molecular weight is 491 g/mol. The summed E-state index contributed by atoms with van der Waals surface area (Å²) < 4.78 is 28.0. The fourth-order valence-corrected chi connectivity index (χ4v) is 6.90. The van der Waals surface area contributed by atoms with Crippen LogP contribution in [0.2, 0.25) is 0 Å². The SMILES string of the molecule is O=C(c1ccc(-c2ccccc2)cc1)N1CCN(S(=O)(=O)c2ccc(Br)s2)CC1. The molecule has 1 fully saturated rings. The molecule has 5 nitrogen and oxygen atoms in total. The van der Waals surface area contributed by atoms with Gasteiger partial charge in [0.1, 0.15) is 4.21 Å². The Bertz CT molecular complexity index is 1100. The van der Waals surface area contributed by atoms with Gasteiger partial charge in [-0.05, 0) is 51.3 Å². The molecule has 0 N–H and O–H groups in total. The van der Waals surface area contributed by atoms with E-state index in [-0.39, 0.29) is 5.91 Å². The number of hydrogen-bond donors (Lipinski definition) is 0. The molecule has 0 unspecified atom stereocenters. The van der Waals surface area contributed by atoms with Crippen molar-refractivity contribution in [1.29, 1.82) is 0 Å². The van der Waals surface area contributed by atoms with Gasteiger partial charge in [0.2, 0.25) is 0 Å². The average Bonchev–Trinajstić information content (AvgIpc) is 3.21. The lowest BCUT2D eigenvalue weighted by Gasteiger charge is -2.33. The van der Waals surface area contributed by atoms with E-state index in [1.807, 2.05) is 54.6 Å². The van der Waals surface area contributed by atoms with E-state index in [0.29, 0.717) is 36.0 Å². The molecule has 150 valence electrons. The van der Waals surface area contributed by atoms with Crippen molar-refractivity contribution in [3.05, 3.63) is 76.1 Å². The molecule has 2 heterocycles. The quantitative estimate of drug-likeness (QED) is 0.546. The Kier molecular flexibility index (Phi) is 5.87. The monoisotopic (exact) mass is 490 g/mol. The minimum atomic E-state index is -3.51. The summed E-state index contributed by atoms with van der Waals surface area (Å²) in [7, 11) is -3.51. The number of amides is 1. The first-order chi connectivity index (χ1) is 13.9. The third-order valence-corrected chi connectivity index (χ3v) is 8.90. The Hall–Kier alpha value is -2.00. The van der Waals surface area contributed by atoms with Crippen LogP contribution in [0.15, 0.2) is 74.7 Å². The van der Waals surface area contributed by atoms with Crippen molar-refractivity contribution in [3.8, 4) is 11.1 Å². The molecule has 0 spiro atoms. The molecular weight excluding hydrogens is 472 g/mol. The normalized spacial score (nSPS) is 15.4. The van der Waals surface area contributed by atoms with Crippen molar-refractivity contribution in [2.24, 2.45) is 0 Å². The highest BCUT2D eigenvalue weighted by molar-refractivity contribution is 9.11. The van der Waals surface area contributed by atoms with Crippen molar-refractivity contribution < 1.29 is 13.2 Å². The first kappa shape index (κ1) is 20.3. The van der Waals surface area contributed by atoms with Gasteiger partial charge in [0.15, 0.2) is 0 Å². The minimum Gasteiger partial charge on any atom is -0.336 e. The largest absolute Gasteiger partial charge is 0.336 e. The summed E-state index contributed by atoms with van der Waals surface area (Å²) in [5, 5.41) is 0. The van der Waals surface area contributed by atoms with Gasteiger partial charge in [-0.15, -0.1) is 11.3 Å². The van der Waals surface area contributed by atoms with Crippen LogP contribution in [0, 0.1) is 0 Å². The fourth-order valence-electron chi connectivity index (χ4n) is 3.31. The standard InChI is InChI=1S/C21H19BrN2O3S2/c22-19-10-11-20(28-19)29(26,27)24-14-12-23(13-15-24)21(25)18-8-6-17(7-9-18)16-4-2-1-3-5-16/h1-11H,12-15H2. The molecule has 2 aromatic carbocycles. The molecular formula is C21H19BrN2O3S2. The van der Waals surface area contributed by atoms with Crippen LogP contribution in [-0.2, 0) is 10.0 Å². The molecule has 3 aromatic rings. The summed E-state index contributed by atoms with van der Waals surface area (Å²) in [6.45, 7) is 1.35. The van der Waals surface area contributed by atoms with E-state index in [2.05, 4.69) is 15.9 Å². The number of thiophene rings is 1. The zero-order valence-corrected chi connectivity index (χ0v) is 18.7. The molecule has 4 rings (SSSR count). The van der Waals surface area contributed by atoms with Gasteiger partial charge in [-0.2, -0.15) is 4.31 Å². The predicted molar refractivity (Wildman–Crippen MR) is 119 cm³/mol. The maximum absolute atomic E-state index is 12.8. The number of sulfonamides is 1. The topological polar surface area (TPSA) is 57.7 Å². The lowest BCUT2D eigenvalue weighted by atomic mass is 10.0. The van der Waals surface area contributed by atoms with Gasteiger partial charge in [-0.25, -0.2) is 8.42 Å². The highest BCUT2D eigenvalue weighted by Crippen LogP contribution is 2.29. The van der Waals surface area contributed by atoms with Crippen molar-refractivity contribution in [2.45, 2.75) is 4.21 Å². The van der Waals surface area contributed by atoms with Gasteiger partial charge >= 0.3 is 0 Å². The highest BCUT2D eigenvalue weighted by atomic mass is 79.9. The van der Waals surface area contributed by atoms with E-state index >= 15 is 0 Å². The highest BCUT2D eigenvalue weighted by Gasteiger charge is 2.31. The fraction of sp³-hybridized carbons (Fsp3) is 0.190. The number of rotatable bonds is 4. The maximum Gasteiger partial charge on any atom is 0.253 e. The molecule has 1 aliphatic heterocycles. The number of hydrogen-bond acceptors (Lipinski definition) is 4. The summed E-state index contributed by atoms with van der Waals surface area (Å²) in [4.78, 5) is 14.5. The second kappa shape index (κ2) is 8.39. The zero-order valence-electron chi connectivity index (χ0n) is 15.5. The molecule has 29 heavy (non-hydrogen) atoms. The van der Waals surface area contributed by atoms with E-state index in [1.54, 1.807) is 17.0 Å². The van der Waals surface area contributed by atoms with Gasteiger partial charge < -0.3 is 4.90 Å². The van der Waals surface area contributed by atoms with Crippen LogP contribution in [0.5, 0.6) is 0 Å². The Morgan fingerprint density at radius 2 is 1.45 bits per heavy atom. The van der Waals surface area contributed by atoms with Crippen LogP contribution in [0.3, 0.4) is 0 Å².